The van der Waals surface area contributed by atoms with Crippen molar-refractivity contribution in [1.82, 2.24) is 4.98 Å². The first-order valence-corrected chi connectivity index (χ1v) is 8.11. The van der Waals surface area contributed by atoms with Crippen LogP contribution in [0, 0.1) is 5.82 Å². The number of hydrogen-bond acceptors (Lipinski definition) is 2. The zero-order valence-corrected chi connectivity index (χ0v) is 14.5. The molecule has 128 valence electrons. The molecule has 2 aromatic carbocycles. The molecular formula is C21H20FNO2. The van der Waals surface area contributed by atoms with E-state index < -0.39 is 11.6 Å². The van der Waals surface area contributed by atoms with Gasteiger partial charge in [0.25, 0.3) is 0 Å². The highest BCUT2D eigenvalue weighted by molar-refractivity contribution is 6.01. The highest BCUT2D eigenvalue weighted by Gasteiger charge is 2.15. The third-order valence-corrected chi connectivity index (χ3v) is 3.66. The fraction of sp³-hybridized carbons (Fsp3) is 0.190. The minimum Gasteiger partial charge on any atom is -0.457 e. The van der Waals surface area contributed by atoms with Gasteiger partial charge in [-0.15, -0.1) is 0 Å². The van der Waals surface area contributed by atoms with E-state index in [1.165, 1.54) is 18.2 Å². The van der Waals surface area contributed by atoms with Gasteiger partial charge in [0, 0.05) is 28.2 Å². The van der Waals surface area contributed by atoms with Crippen LogP contribution in [0.1, 0.15) is 26.5 Å². The van der Waals surface area contributed by atoms with Crippen molar-refractivity contribution in [2.45, 2.75) is 26.4 Å². The Morgan fingerprint density at radius 3 is 2.44 bits per heavy atom. The van der Waals surface area contributed by atoms with Crippen molar-refractivity contribution in [1.29, 1.82) is 0 Å². The van der Waals surface area contributed by atoms with Gasteiger partial charge in [0.15, 0.2) is 0 Å². The number of ether oxygens (including phenoxy) is 1. The van der Waals surface area contributed by atoms with E-state index in [9.17, 15) is 9.18 Å². The molecule has 0 radical (unpaired) electrons. The molecule has 0 aliphatic rings. The van der Waals surface area contributed by atoms with Crippen LogP contribution in [-0.4, -0.2) is 16.6 Å². The second-order valence-corrected chi connectivity index (χ2v) is 6.83. The first-order chi connectivity index (χ1) is 11.8. The van der Waals surface area contributed by atoms with Crippen molar-refractivity contribution in [2.75, 3.05) is 0 Å². The van der Waals surface area contributed by atoms with Crippen LogP contribution in [0.3, 0.4) is 0 Å². The predicted octanol–water partition coefficient (Wildman–Crippen LogP) is 5.33. The summed E-state index contributed by atoms with van der Waals surface area (Å²) >= 11 is 0. The van der Waals surface area contributed by atoms with Gasteiger partial charge >= 0.3 is 5.97 Å². The Morgan fingerprint density at radius 2 is 1.76 bits per heavy atom. The molecule has 1 N–H and O–H groups in total. The van der Waals surface area contributed by atoms with E-state index in [4.69, 9.17) is 4.74 Å². The second-order valence-electron chi connectivity index (χ2n) is 6.83. The Kier molecular flexibility index (Phi) is 4.45. The van der Waals surface area contributed by atoms with E-state index in [1.807, 2.05) is 45.0 Å². The summed E-state index contributed by atoms with van der Waals surface area (Å²) in [6, 6.07) is 14.2. The van der Waals surface area contributed by atoms with Gasteiger partial charge in [-0.2, -0.15) is 0 Å². The summed E-state index contributed by atoms with van der Waals surface area (Å²) in [7, 11) is 0. The normalized spacial score (nSPS) is 12.0. The van der Waals surface area contributed by atoms with Crippen molar-refractivity contribution in [3.63, 3.8) is 0 Å². The summed E-state index contributed by atoms with van der Waals surface area (Å²) in [5.41, 5.74) is 2.99. The topological polar surface area (TPSA) is 42.1 Å². The number of hydrogen-bond donors (Lipinski definition) is 1. The maximum Gasteiger partial charge on any atom is 0.331 e. The number of H-pyrrole nitrogens is 1. The van der Waals surface area contributed by atoms with Crippen LogP contribution < -0.4 is 0 Å². The molecule has 0 spiro atoms. The zero-order chi connectivity index (χ0) is 18.0. The third-order valence-electron chi connectivity index (χ3n) is 3.66. The summed E-state index contributed by atoms with van der Waals surface area (Å²) in [6.07, 6.45) is 3.11. The largest absolute Gasteiger partial charge is 0.457 e. The lowest BCUT2D eigenvalue weighted by atomic mass is 10.0. The van der Waals surface area contributed by atoms with Gasteiger partial charge in [0.05, 0.1) is 0 Å². The van der Waals surface area contributed by atoms with Crippen LogP contribution in [-0.2, 0) is 9.53 Å². The fourth-order valence-electron chi connectivity index (χ4n) is 2.70. The molecule has 0 saturated carbocycles. The predicted molar refractivity (Wildman–Crippen MR) is 98.6 cm³/mol. The van der Waals surface area contributed by atoms with E-state index in [0.717, 1.165) is 27.7 Å². The van der Waals surface area contributed by atoms with Crippen molar-refractivity contribution in [3.05, 3.63) is 66.1 Å². The van der Waals surface area contributed by atoms with Gasteiger partial charge in [-0.3, -0.25) is 0 Å². The molecule has 0 unspecified atom stereocenters. The van der Waals surface area contributed by atoms with Crippen molar-refractivity contribution >= 4 is 22.9 Å². The molecule has 0 saturated heterocycles. The molecule has 4 heteroatoms. The molecule has 3 aromatic rings. The number of nitrogens with one attached hydrogen (secondary N) is 1. The van der Waals surface area contributed by atoms with Crippen LogP contribution in [0.5, 0.6) is 0 Å². The van der Waals surface area contributed by atoms with Gasteiger partial charge in [0.1, 0.15) is 11.4 Å². The summed E-state index contributed by atoms with van der Waals surface area (Å²) in [5, 5.41) is 1.01. The molecular weight excluding hydrogens is 317 g/mol. The molecule has 1 aromatic heterocycles. The molecule has 0 aliphatic carbocycles. The Hall–Kier alpha value is -2.88. The molecule has 25 heavy (non-hydrogen) atoms. The average Bonchev–Trinajstić information content (AvgIpc) is 2.90. The minimum atomic E-state index is -0.540. The SMILES string of the molecule is CC(C)(C)OC(=O)/C=C/c1[nH]c2ccccc2c1-c1ccc(F)cc1. The molecule has 3 rings (SSSR count). The van der Waals surface area contributed by atoms with Gasteiger partial charge in [0.2, 0.25) is 0 Å². The molecule has 0 bridgehead atoms. The lowest BCUT2D eigenvalue weighted by Gasteiger charge is -2.17. The highest BCUT2D eigenvalue weighted by atomic mass is 19.1. The molecule has 0 aliphatic heterocycles. The zero-order valence-electron chi connectivity index (χ0n) is 14.5. The maximum atomic E-state index is 13.3. The molecule has 0 amide bonds. The Balaban J connectivity index is 2.04. The molecule has 0 fully saturated rings. The van der Waals surface area contributed by atoms with Gasteiger partial charge < -0.3 is 9.72 Å². The smallest absolute Gasteiger partial charge is 0.331 e. The van der Waals surface area contributed by atoms with E-state index in [-0.39, 0.29) is 5.82 Å². The molecule has 1 heterocycles. The van der Waals surface area contributed by atoms with E-state index in [0.29, 0.717) is 0 Å². The van der Waals surface area contributed by atoms with Crippen LogP contribution in [0.2, 0.25) is 0 Å². The number of fused-ring (bicyclic) bond motifs is 1. The van der Waals surface area contributed by atoms with E-state index in [1.54, 1.807) is 18.2 Å². The lowest BCUT2D eigenvalue weighted by molar-refractivity contribution is -0.148. The standard InChI is InChI=1S/C21H20FNO2/c1-21(2,3)25-19(24)13-12-18-20(14-8-10-15(22)11-9-14)16-6-4-5-7-17(16)23-18/h4-13,23H,1-3H3/b13-12+. The van der Waals surface area contributed by atoms with Crippen LogP contribution in [0.4, 0.5) is 4.39 Å². The second kappa shape index (κ2) is 6.55. The van der Waals surface area contributed by atoms with Crippen LogP contribution >= 0.6 is 0 Å². The van der Waals surface area contributed by atoms with Crippen molar-refractivity contribution < 1.29 is 13.9 Å². The van der Waals surface area contributed by atoms with Crippen LogP contribution in [0.15, 0.2) is 54.6 Å². The molecule has 0 atom stereocenters. The Labute approximate surface area is 146 Å². The number of para-hydroxylation sites is 1. The summed E-state index contributed by atoms with van der Waals surface area (Å²) in [5.74, 6) is -0.689. The maximum absolute atomic E-state index is 13.3. The van der Waals surface area contributed by atoms with Crippen molar-refractivity contribution in [2.24, 2.45) is 0 Å². The number of aromatic amines is 1. The average molecular weight is 337 g/mol. The Morgan fingerprint density at radius 1 is 1.08 bits per heavy atom. The first-order valence-electron chi connectivity index (χ1n) is 8.11. The summed E-state index contributed by atoms with van der Waals surface area (Å²) in [6.45, 7) is 5.48. The van der Waals surface area contributed by atoms with E-state index in [2.05, 4.69) is 4.98 Å². The van der Waals surface area contributed by atoms with Crippen molar-refractivity contribution in [3.8, 4) is 11.1 Å². The summed E-state index contributed by atoms with van der Waals surface area (Å²) < 4.78 is 18.6. The number of carbonyl (C=O) groups excluding carboxylic acids is 1. The molecule has 3 nitrogen and oxygen atoms in total. The first kappa shape index (κ1) is 17.0. The number of halogens is 1. The lowest BCUT2D eigenvalue weighted by Crippen LogP contribution is -2.22. The van der Waals surface area contributed by atoms with Gasteiger partial charge in [-0.25, -0.2) is 9.18 Å². The number of benzene rings is 2. The summed E-state index contributed by atoms with van der Waals surface area (Å²) in [4.78, 5) is 15.3. The number of esters is 1. The number of carbonyl (C=O) groups is 1. The third kappa shape index (κ3) is 3.97. The fourth-order valence-corrected chi connectivity index (χ4v) is 2.70. The monoisotopic (exact) mass is 337 g/mol. The minimum absolute atomic E-state index is 0.283. The number of rotatable bonds is 3. The Bertz CT molecular complexity index is 931. The van der Waals surface area contributed by atoms with Gasteiger partial charge in [-0.1, -0.05) is 30.3 Å². The quantitative estimate of drug-likeness (QED) is 0.518. The highest BCUT2D eigenvalue weighted by Crippen LogP contribution is 2.33. The van der Waals surface area contributed by atoms with Gasteiger partial charge in [-0.05, 0) is 50.6 Å². The number of aromatic nitrogens is 1. The van der Waals surface area contributed by atoms with E-state index >= 15 is 0 Å². The van der Waals surface area contributed by atoms with Crippen LogP contribution in [0.25, 0.3) is 28.1 Å².